The van der Waals surface area contributed by atoms with Crippen molar-refractivity contribution in [2.45, 2.75) is 187 Å². The number of aliphatic hydroxyl groups excluding tert-OH is 3. The number of piperidine rings is 1. The number of esters is 2. The summed E-state index contributed by atoms with van der Waals surface area (Å²) in [5.74, 6) is -9.36. The number of hydrogen-bond acceptors (Lipinski definition) is 16. The summed E-state index contributed by atoms with van der Waals surface area (Å²) in [5.41, 5.74) is -0.277. The predicted octanol–water partition coefficient (Wildman–Crippen LogP) is 5.72. The number of amides is 1. The van der Waals surface area contributed by atoms with E-state index in [1.807, 2.05) is 51.2 Å². The number of carbonyl (C=O) groups excluding carboxylic acids is 6. The van der Waals surface area contributed by atoms with Gasteiger partial charge in [-0.3, -0.25) is 24.0 Å². The van der Waals surface area contributed by atoms with Crippen LogP contribution in [-0.4, -0.2) is 156 Å². The first-order chi connectivity index (χ1) is 34.5. The van der Waals surface area contributed by atoms with E-state index in [-0.39, 0.29) is 42.8 Å². The summed E-state index contributed by atoms with van der Waals surface area (Å²) < 4.78 is 35.4. The van der Waals surface area contributed by atoms with Crippen LogP contribution in [0, 0.1) is 40.9 Å². The molecule has 412 valence electrons. The van der Waals surface area contributed by atoms with Crippen molar-refractivity contribution < 1.29 is 77.6 Å². The van der Waals surface area contributed by atoms with Crippen LogP contribution in [0.3, 0.4) is 0 Å². The Morgan fingerprint density at radius 3 is 2.21 bits per heavy atom. The van der Waals surface area contributed by atoms with Gasteiger partial charge in [0.25, 0.3) is 11.7 Å². The van der Waals surface area contributed by atoms with E-state index in [4.69, 9.17) is 28.4 Å². The fourth-order valence-electron chi connectivity index (χ4n) is 10.7. The number of ketones is 3. The molecule has 0 aromatic rings. The molecule has 0 aromatic carbocycles. The van der Waals surface area contributed by atoms with Crippen molar-refractivity contribution in [1.29, 1.82) is 0 Å². The van der Waals surface area contributed by atoms with Gasteiger partial charge in [-0.15, -0.1) is 0 Å². The maximum absolute atomic E-state index is 14.5. The van der Waals surface area contributed by atoms with Gasteiger partial charge in [-0.25, -0.2) is 4.79 Å². The lowest BCUT2D eigenvalue weighted by Crippen LogP contribution is -2.61. The quantitative estimate of drug-likeness (QED) is 0.0885. The van der Waals surface area contributed by atoms with Crippen LogP contribution in [0.4, 0.5) is 0 Å². The Morgan fingerprint density at radius 2 is 1.56 bits per heavy atom. The van der Waals surface area contributed by atoms with E-state index in [9.17, 15) is 49.2 Å². The molecule has 3 aliphatic heterocycles. The summed E-state index contributed by atoms with van der Waals surface area (Å²) in [6.07, 6.45) is 9.76. The Balaban J connectivity index is 1.69. The molecule has 0 radical (unpaired) electrons. The minimum absolute atomic E-state index is 0.00697. The van der Waals surface area contributed by atoms with E-state index in [1.54, 1.807) is 40.9 Å². The molecular formula is C56H87NO16. The number of ether oxygens (including phenoxy) is 6. The first-order valence-corrected chi connectivity index (χ1v) is 26.4. The van der Waals surface area contributed by atoms with Gasteiger partial charge in [-0.1, -0.05) is 71.1 Å². The Kier molecular flexibility index (Phi) is 23.9. The Morgan fingerprint density at radius 1 is 0.863 bits per heavy atom. The number of fused-ring (bicyclic) bond motifs is 3. The molecule has 3 fully saturated rings. The van der Waals surface area contributed by atoms with Crippen LogP contribution in [0.25, 0.3) is 0 Å². The molecule has 4 aliphatic rings. The minimum atomic E-state index is -2.47. The highest BCUT2D eigenvalue weighted by Crippen LogP contribution is 2.38. The maximum Gasteiger partial charge on any atom is 0.329 e. The number of cyclic esters (lactones) is 1. The molecule has 4 rings (SSSR count). The fraction of sp³-hybridized carbons (Fsp3) is 0.750. The molecule has 17 heteroatoms. The van der Waals surface area contributed by atoms with Crippen LogP contribution in [0.1, 0.15) is 132 Å². The van der Waals surface area contributed by atoms with Gasteiger partial charge in [0.1, 0.15) is 41.7 Å². The summed E-state index contributed by atoms with van der Waals surface area (Å²) in [4.78, 5) is 85.4. The van der Waals surface area contributed by atoms with Gasteiger partial charge in [-0.2, -0.15) is 0 Å². The van der Waals surface area contributed by atoms with Crippen LogP contribution in [-0.2, 0) is 57.2 Å². The van der Waals surface area contributed by atoms with Crippen LogP contribution >= 0.6 is 0 Å². The molecule has 17 nitrogen and oxygen atoms in total. The van der Waals surface area contributed by atoms with Gasteiger partial charge in [-0.05, 0) is 114 Å². The number of aliphatic hydroxyl groups is 4. The molecular weight excluding hydrogens is 944 g/mol. The topological polar surface area (TPSA) is 242 Å². The SMILES string of the molecule is CO[C@H]1C[C@@H]2CC[C@@H](C)[C@@](O)(O2)C(=O)C(=O)N2CCCC[C@H]2C(=O)O[C@H]([C@H](C)C[C@@H]2CC[C@@H](OC(=O)C(C)(CO)CO)[C@H](O[13CH3])C2)CC(=O)[C@H](C)/C=C(\C)[C@@H](O)[C@@H](OC)C(=O)[C@H](C)C[C@H](C)/C=C/C=C/C=C/1C. The smallest absolute Gasteiger partial charge is 0.329 e. The van der Waals surface area contributed by atoms with Gasteiger partial charge in [0.05, 0.1) is 31.5 Å². The Labute approximate surface area is 433 Å². The van der Waals surface area contributed by atoms with E-state index >= 15 is 0 Å². The lowest BCUT2D eigenvalue weighted by molar-refractivity contribution is -0.265. The average molecular weight is 1030 g/mol. The maximum atomic E-state index is 14.5. The van der Waals surface area contributed by atoms with Crippen molar-refractivity contribution in [2.24, 2.45) is 40.9 Å². The molecule has 15 atom stereocenters. The van der Waals surface area contributed by atoms with E-state index in [0.29, 0.717) is 69.8 Å². The number of Topliss-reactive ketones (excluding diaryl/α,β-unsaturated/α-hetero) is 3. The first kappa shape index (κ1) is 61.6. The average Bonchev–Trinajstić information content (AvgIpc) is 3.37. The molecule has 0 spiro atoms. The molecule has 1 amide bonds. The van der Waals surface area contributed by atoms with Crippen molar-refractivity contribution in [1.82, 2.24) is 4.90 Å². The standard InChI is InChI=1S/C56H87NO16/c1-33-17-13-12-14-18-34(2)45(68-9)29-41-22-20-39(7)56(67,73-41)51(63)52(64)57-24-16-15-19-42(57)53(65)71-46(30-43(60)35(3)26-38(6)49(62)50(70-11)48(61)37(5)25-33)36(4)27-40-21-23-44(47(28-40)69-10)72-54(66)55(8,31-58)32-59/h12-14,17-18,26,33,35-37,39-42,44-47,49-50,58-59,62,67H,15-16,19-25,27-32H2,1-11H3/b14-12+,17-13+,34-18+,38-26+/t33-,35-,36-,37-,39-,40+,41+,42+,44-,45+,46+,47-,49-,50+,56-/m1/s1/i10+1. The summed E-state index contributed by atoms with van der Waals surface area (Å²) in [6.45, 7) is 12.7. The summed E-state index contributed by atoms with van der Waals surface area (Å²) in [5, 5.41) is 43.1. The zero-order chi connectivity index (χ0) is 54.4. The third kappa shape index (κ3) is 16.0. The zero-order valence-electron chi connectivity index (χ0n) is 45.3. The van der Waals surface area contributed by atoms with E-state index < -0.39 is 120 Å². The summed E-state index contributed by atoms with van der Waals surface area (Å²) >= 11 is 0. The molecule has 3 heterocycles. The van der Waals surface area contributed by atoms with Crippen molar-refractivity contribution in [3.05, 3.63) is 47.6 Å². The first-order valence-electron chi connectivity index (χ1n) is 26.4. The molecule has 73 heavy (non-hydrogen) atoms. The van der Waals surface area contributed by atoms with Gasteiger partial charge in [0.15, 0.2) is 5.78 Å². The molecule has 0 aromatic heterocycles. The Bertz CT molecular complexity index is 2010. The molecule has 4 N–H and O–H groups in total. The van der Waals surface area contributed by atoms with Crippen LogP contribution in [0.5, 0.6) is 0 Å². The third-order valence-corrected chi connectivity index (χ3v) is 15.9. The zero-order valence-corrected chi connectivity index (χ0v) is 45.3. The van der Waals surface area contributed by atoms with Gasteiger partial charge in [0.2, 0.25) is 5.79 Å². The molecule has 1 aliphatic carbocycles. The third-order valence-electron chi connectivity index (χ3n) is 15.9. The van der Waals surface area contributed by atoms with Gasteiger partial charge < -0.3 is 53.7 Å². The van der Waals surface area contributed by atoms with Crippen LogP contribution in [0.2, 0.25) is 0 Å². The van der Waals surface area contributed by atoms with Crippen molar-refractivity contribution in [2.75, 3.05) is 41.1 Å². The fourth-order valence-corrected chi connectivity index (χ4v) is 10.7. The number of hydrogen-bond donors (Lipinski definition) is 4. The largest absolute Gasteiger partial charge is 0.460 e. The molecule has 2 bridgehead atoms. The van der Waals surface area contributed by atoms with E-state index in [2.05, 4.69) is 0 Å². The number of rotatable bonds is 10. The highest BCUT2D eigenvalue weighted by atomic mass is 16.6. The second-order valence-electron chi connectivity index (χ2n) is 21.8. The van der Waals surface area contributed by atoms with Crippen LogP contribution in [0.15, 0.2) is 47.6 Å². The minimum Gasteiger partial charge on any atom is -0.460 e. The molecule has 1 saturated carbocycles. The lowest BCUT2D eigenvalue weighted by Gasteiger charge is -2.42. The van der Waals surface area contributed by atoms with E-state index in [0.717, 1.165) is 10.5 Å². The van der Waals surface area contributed by atoms with Crippen molar-refractivity contribution in [3.8, 4) is 0 Å². The highest BCUT2D eigenvalue weighted by molar-refractivity contribution is 6.39. The predicted molar refractivity (Wildman–Crippen MR) is 271 cm³/mol. The summed E-state index contributed by atoms with van der Waals surface area (Å²) in [6, 6.07) is -1.20. The number of allylic oxidation sites excluding steroid dienone is 6. The van der Waals surface area contributed by atoms with E-state index in [1.165, 1.54) is 21.1 Å². The van der Waals surface area contributed by atoms with Crippen molar-refractivity contribution >= 4 is 35.2 Å². The molecule has 0 unspecified atom stereocenters. The van der Waals surface area contributed by atoms with Crippen LogP contribution < -0.4 is 0 Å². The monoisotopic (exact) mass is 1030 g/mol. The van der Waals surface area contributed by atoms with Gasteiger partial charge >= 0.3 is 11.9 Å². The number of nitrogens with zero attached hydrogens (tertiary/aromatic N) is 1. The highest BCUT2D eigenvalue weighted by Gasteiger charge is 2.53. The van der Waals surface area contributed by atoms with Crippen molar-refractivity contribution in [3.63, 3.8) is 0 Å². The summed E-state index contributed by atoms with van der Waals surface area (Å²) in [7, 11) is 4.43. The normalized spacial score (nSPS) is 37.4. The Hall–Kier alpha value is -3.94. The number of carbonyl (C=O) groups is 6. The number of methoxy groups -OCH3 is 3. The second kappa shape index (κ2) is 28.3. The van der Waals surface area contributed by atoms with Gasteiger partial charge in [0, 0.05) is 58.5 Å². The second-order valence-corrected chi connectivity index (χ2v) is 21.8. The molecule has 2 saturated heterocycles. The lowest BCUT2D eigenvalue weighted by atomic mass is 9.78.